The van der Waals surface area contributed by atoms with E-state index >= 15 is 0 Å². The Labute approximate surface area is 86.4 Å². The molecule has 1 rings (SSSR count). The molecule has 1 aliphatic rings. The van der Waals surface area contributed by atoms with Crippen molar-refractivity contribution in [3.05, 3.63) is 0 Å². The summed E-state index contributed by atoms with van der Waals surface area (Å²) in [4.78, 5) is 13.0. The molecule has 0 heterocycles. The van der Waals surface area contributed by atoms with Crippen LogP contribution in [0.2, 0.25) is 0 Å². The van der Waals surface area contributed by atoms with Crippen molar-refractivity contribution in [2.75, 3.05) is 14.2 Å². The van der Waals surface area contributed by atoms with Crippen molar-refractivity contribution in [3.8, 4) is 0 Å². The summed E-state index contributed by atoms with van der Waals surface area (Å²) in [6.07, 6.45) is 4.37. The number of amides is 1. The summed E-state index contributed by atoms with van der Waals surface area (Å²) in [7, 11) is 3.26. The van der Waals surface area contributed by atoms with Crippen LogP contribution in [0.25, 0.3) is 0 Å². The molecule has 1 aliphatic carbocycles. The van der Waals surface area contributed by atoms with Gasteiger partial charge in [0, 0.05) is 13.1 Å². The predicted molar refractivity (Wildman–Crippen MR) is 56.2 cm³/mol. The molecule has 0 N–H and O–H groups in total. The fourth-order valence-corrected chi connectivity index (χ4v) is 2.06. The molecule has 3 nitrogen and oxygen atoms in total. The van der Waals surface area contributed by atoms with Gasteiger partial charge in [-0.05, 0) is 31.1 Å². The quantitative estimate of drug-likeness (QED) is 0.649. The van der Waals surface area contributed by atoms with Crippen LogP contribution in [0.5, 0.6) is 0 Å². The van der Waals surface area contributed by atoms with Gasteiger partial charge in [-0.2, -0.15) is 0 Å². The molecule has 0 spiro atoms. The van der Waals surface area contributed by atoms with Crippen LogP contribution in [-0.4, -0.2) is 31.2 Å². The molecule has 1 amide bonds. The van der Waals surface area contributed by atoms with Gasteiger partial charge in [-0.15, -0.1) is 0 Å². The SMILES string of the molecule is COC(=O)N(C)C1CCC(C)(C)CC1. The van der Waals surface area contributed by atoms with Gasteiger partial charge in [-0.25, -0.2) is 4.79 Å². The van der Waals surface area contributed by atoms with Gasteiger partial charge in [0.1, 0.15) is 0 Å². The lowest BCUT2D eigenvalue weighted by atomic mass is 9.75. The molecule has 0 unspecified atom stereocenters. The molecule has 14 heavy (non-hydrogen) atoms. The van der Waals surface area contributed by atoms with E-state index < -0.39 is 0 Å². The highest BCUT2D eigenvalue weighted by atomic mass is 16.5. The zero-order chi connectivity index (χ0) is 10.8. The Balaban J connectivity index is 2.45. The normalized spacial score (nSPS) is 21.7. The molecular formula is C11H21NO2. The minimum absolute atomic E-state index is 0.213. The molecule has 0 bridgehead atoms. The number of ether oxygens (including phenoxy) is 1. The molecule has 0 aromatic carbocycles. The van der Waals surface area contributed by atoms with E-state index in [0.717, 1.165) is 12.8 Å². The minimum atomic E-state index is -0.213. The van der Waals surface area contributed by atoms with Crippen molar-refractivity contribution in [2.24, 2.45) is 5.41 Å². The zero-order valence-corrected chi connectivity index (χ0v) is 9.67. The number of hydrogen-bond acceptors (Lipinski definition) is 2. The molecule has 0 aliphatic heterocycles. The largest absolute Gasteiger partial charge is 0.453 e. The Morgan fingerprint density at radius 3 is 2.29 bits per heavy atom. The van der Waals surface area contributed by atoms with E-state index in [1.165, 1.54) is 20.0 Å². The average Bonchev–Trinajstić information content (AvgIpc) is 2.15. The van der Waals surface area contributed by atoms with E-state index in [1.54, 1.807) is 4.90 Å². The summed E-state index contributed by atoms with van der Waals surface area (Å²) >= 11 is 0. The molecule has 1 saturated carbocycles. The van der Waals surface area contributed by atoms with Crippen LogP contribution in [0, 0.1) is 5.41 Å². The van der Waals surface area contributed by atoms with Gasteiger partial charge in [0.05, 0.1) is 7.11 Å². The summed E-state index contributed by atoms with van der Waals surface area (Å²) in [5.74, 6) is 0. The van der Waals surface area contributed by atoms with Crippen LogP contribution in [0.1, 0.15) is 39.5 Å². The standard InChI is InChI=1S/C11H21NO2/c1-11(2)7-5-9(6-8-11)12(3)10(13)14-4/h9H,5-8H2,1-4H3. The van der Waals surface area contributed by atoms with E-state index in [2.05, 4.69) is 13.8 Å². The van der Waals surface area contributed by atoms with Crippen LogP contribution >= 0.6 is 0 Å². The molecule has 1 fully saturated rings. The highest BCUT2D eigenvalue weighted by Crippen LogP contribution is 2.36. The lowest BCUT2D eigenvalue weighted by Crippen LogP contribution is -2.40. The van der Waals surface area contributed by atoms with Crippen LogP contribution in [0.3, 0.4) is 0 Å². The number of rotatable bonds is 1. The Morgan fingerprint density at radius 1 is 1.36 bits per heavy atom. The Hall–Kier alpha value is -0.730. The maximum absolute atomic E-state index is 11.3. The number of carbonyl (C=O) groups is 1. The van der Waals surface area contributed by atoms with Gasteiger partial charge in [-0.3, -0.25) is 0 Å². The van der Waals surface area contributed by atoms with Gasteiger partial charge in [0.15, 0.2) is 0 Å². The lowest BCUT2D eigenvalue weighted by Gasteiger charge is -2.37. The molecule has 0 aromatic heterocycles. The summed E-state index contributed by atoms with van der Waals surface area (Å²) in [6, 6.07) is 0.371. The molecule has 82 valence electrons. The molecular weight excluding hydrogens is 178 g/mol. The van der Waals surface area contributed by atoms with E-state index in [4.69, 9.17) is 4.74 Å². The molecule has 0 radical (unpaired) electrons. The highest BCUT2D eigenvalue weighted by molar-refractivity contribution is 5.67. The first-order valence-corrected chi connectivity index (χ1v) is 5.27. The van der Waals surface area contributed by atoms with Crippen molar-refractivity contribution in [1.82, 2.24) is 4.90 Å². The number of methoxy groups -OCH3 is 1. The Kier molecular flexibility index (Phi) is 3.40. The second-order valence-electron chi connectivity index (χ2n) is 4.98. The zero-order valence-electron chi connectivity index (χ0n) is 9.67. The van der Waals surface area contributed by atoms with Gasteiger partial charge in [0.2, 0.25) is 0 Å². The summed E-state index contributed by atoms with van der Waals surface area (Å²) in [5, 5.41) is 0. The lowest BCUT2D eigenvalue weighted by molar-refractivity contribution is 0.0902. The second-order valence-corrected chi connectivity index (χ2v) is 4.98. The van der Waals surface area contributed by atoms with Gasteiger partial charge < -0.3 is 9.64 Å². The van der Waals surface area contributed by atoms with E-state index in [9.17, 15) is 4.79 Å². The smallest absolute Gasteiger partial charge is 0.409 e. The van der Waals surface area contributed by atoms with Gasteiger partial charge in [-0.1, -0.05) is 13.8 Å². The van der Waals surface area contributed by atoms with E-state index in [0.29, 0.717) is 11.5 Å². The van der Waals surface area contributed by atoms with Crippen LogP contribution in [0.15, 0.2) is 0 Å². The summed E-state index contributed by atoms with van der Waals surface area (Å²) in [5.41, 5.74) is 0.452. The first-order chi connectivity index (χ1) is 6.46. The van der Waals surface area contributed by atoms with Crippen molar-refractivity contribution in [1.29, 1.82) is 0 Å². The second kappa shape index (κ2) is 4.20. The molecule has 0 atom stereocenters. The molecule has 0 saturated heterocycles. The Bertz CT molecular complexity index is 203. The number of hydrogen-bond donors (Lipinski definition) is 0. The number of carbonyl (C=O) groups excluding carboxylic acids is 1. The van der Waals surface area contributed by atoms with Gasteiger partial charge >= 0.3 is 6.09 Å². The summed E-state index contributed by atoms with van der Waals surface area (Å²) in [6.45, 7) is 4.59. The monoisotopic (exact) mass is 199 g/mol. The maximum atomic E-state index is 11.3. The van der Waals surface area contributed by atoms with Crippen molar-refractivity contribution < 1.29 is 9.53 Å². The fourth-order valence-electron chi connectivity index (χ4n) is 2.06. The fraction of sp³-hybridized carbons (Fsp3) is 0.909. The minimum Gasteiger partial charge on any atom is -0.453 e. The van der Waals surface area contributed by atoms with Crippen molar-refractivity contribution in [2.45, 2.75) is 45.6 Å². The van der Waals surface area contributed by atoms with Gasteiger partial charge in [0.25, 0.3) is 0 Å². The highest BCUT2D eigenvalue weighted by Gasteiger charge is 2.30. The first kappa shape index (κ1) is 11.3. The third kappa shape index (κ3) is 2.63. The third-order valence-electron chi connectivity index (χ3n) is 3.32. The van der Waals surface area contributed by atoms with E-state index in [-0.39, 0.29) is 6.09 Å². The average molecular weight is 199 g/mol. The van der Waals surface area contributed by atoms with Crippen LogP contribution < -0.4 is 0 Å². The maximum Gasteiger partial charge on any atom is 0.409 e. The van der Waals surface area contributed by atoms with Crippen LogP contribution in [-0.2, 0) is 4.74 Å². The van der Waals surface area contributed by atoms with Crippen molar-refractivity contribution >= 4 is 6.09 Å². The first-order valence-electron chi connectivity index (χ1n) is 5.27. The molecule has 3 heteroatoms. The topological polar surface area (TPSA) is 29.5 Å². The van der Waals surface area contributed by atoms with E-state index in [1.807, 2.05) is 7.05 Å². The van der Waals surface area contributed by atoms with Crippen LogP contribution in [0.4, 0.5) is 4.79 Å². The Morgan fingerprint density at radius 2 is 1.86 bits per heavy atom. The van der Waals surface area contributed by atoms with Crippen molar-refractivity contribution in [3.63, 3.8) is 0 Å². The summed E-state index contributed by atoms with van der Waals surface area (Å²) < 4.78 is 4.70. The number of nitrogens with zero attached hydrogens (tertiary/aromatic N) is 1. The predicted octanol–water partition coefficient (Wildman–Crippen LogP) is 2.65. The third-order valence-corrected chi connectivity index (χ3v) is 3.32. The molecule has 0 aromatic rings.